The van der Waals surface area contributed by atoms with Crippen molar-refractivity contribution in [3.8, 4) is 28.7 Å². The molecule has 2 aromatic carbocycles. The lowest BCUT2D eigenvalue weighted by Crippen LogP contribution is -2.36. The molecule has 2 unspecified atom stereocenters. The SMILES string of the molecule is COc1cc(C2CN(C(=O)c3ccc4c(c3)OCO4)CC2C(=O)NCC2CC2)cc(OC)c1OC. The van der Waals surface area contributed by atoms with Gasteiger partial charge in [-0.25, -0.2) is 0 Å². The first-order valence-corrected chi connectivity index (χ1v) is 11.8. The maximum atomic E-state index is 13.4. The summed E-state index contributed by atoms with van der Waals surface area (Å²) in [5.41, 5.74) is 1.35. The minimum absolute atomic E-state index is 0.0448. The van der Waals surface area contributed by atoms with Gasteiger partial charge in [0, 0.05) is 31.1 Å². The summed E-state index contributed by atoms with van der Waals surface area (Å²) in [6.45, 7) is 1.51. The first-order chi connectivity index (χ1) is 17.0. The van der Waals surface area contributed by atoms with Crippen LogP contribution in [0, 0.1) is 11.8 Å². The van der Waals surface area contributed by atoms with Crippen LogP contribution in [-0.4, -0.2) is 64.5 Å². The number of fused-ring (bicyclic) bond motifs is 1. The summed E-state index contributed by atoms with van der Waals surface area (Å²) in [5.74, 6) is 2.40. The van der Waals surface area contributed by atoms with Crippen LogP contribution in [0.2, 0.25) is 0 Å². The molecule has 0 aromatic heterocycles. The summed E-state index contributed by atoms with van der Waals surface area (Å²) in [6, 6.07) is 8.88. The third-order valence-electron chi connectivity index (χ3n) is 6.94. The number of amides is 2. The van der Waals surface area contributed by atoms with E-state index >= 15 is 0 Å². The van der Waals surface area contributed by atoms with Gasteiger partial charge in [0.25, 0.3) is 5.91 Å². The van der Waals surface area contributed by atoms with Gasteiger partial charge in [-0.05, 0) is 54.7 Å². The van der Waals surface area contributed by atoms with Crippen molar-refractivity contribution in [2.24, 2.45) is 11.8 Å². The molecule has 35 heavy (non-hydrogen) atoms. The van der Waals surface area contributed by atoms with Gasteiger partial charge in [0.1, 0.15) is 0 Å². The molecule has 1 saturated heterocycles. The highest BCUT2D eigenvalue weighted by molar-refractivity contribution is 5.96. The molecule has 9 heteroatoms. The number of benzene rings is 2. The molecule has 1 aliphatic carbocycles. The van der Waals surface area contributed by atoms with Gasteiger partial charge in [-0.1, -0.05) is 0 Å². The summed E-state index contributed by atoms with van der Waals surface area (Å²) in [4.78, 5) is 28.5. The second-order valence-corrected chi connectivity index (χ2v) is 9.14. The van der Waals surface area contributed by atoms with Crippen LogP contribution >= 0.6 is 0 Å². The topological polar surface area (TPSA) is 95.6 Å². The number of ether oxygens (including phenoxy) is 5. The average Bonchev–Trinajstić information content (AvgIpc) is 3.41. The molecule has 2 fully saturated rings. The Kier molecular flexibility index (Phi) is 6.32. The number of carbonyl (C=O) groups is 2. The maximum absolute atomic E-state index is 13.4. The van der Waals surface area contributed by atoms with E-state index in [0.717, 1.165) is 18.4 Å². The first-order valence-electron chi connectivity index (χ1n) is 11.8. The second kappa shape index (κ2) is 9.56. The predicted molar refractivity (Wildman–Crippen MR) is 127 cm³/mol. The van der Waals surface area contributed by atoms with E-state index in [1.165, 1.54) is 0 Å². The van der Waals surface area contributed by atoms with Crippen LogP contribution in [0.1, 0.15) is 34.7 Å². The largest absolute Gasteiger partial charge is 0.493 e. The van der Waals surface area contributed by atoms with Crippen LogP contribution in [0.25, 0.3) is 0 Å². The Hall–Kier alpha value is -3.62. The summed E-state index contributed by atoms with van der Waals surface area (Å²) in [7, 11) is 4.67. The van der Waals surface area contributed by atoms with Gasteiger partial charge in [0.2, 0.25) is 18.4 Å². The lowest BCUT2D eigenvalue weighted by Gasteiger charge is -2.21. The third kappa shape index (κ3) is 4.54. The van der Waals surface area contributed by atoms with Gasteiger partial charge in [-0.2, -0.15) is 0 Å². The van der Waals surface area contributed by atoms with Crippen LogP contribution in [0.5, 0.6) is 28.7 Å². The Bertz CT molecular complexity index is 1110. The van der Waals surface area contributed by atoms with E-state index < -0.39 is 5.92 Å². The van der Waals surface area contributed by atoms with Crippen molar-refractivity contribution in [1.29, 1.82) is 0 Å². The molecule has 2 amide bonds. The lowest BCUT2D eigenvalue weighted by molar-refractivity contribution is -0.125. The number of methoxy groups -OCH3 is 3. The molecule has 0 bridgehead atoms. The number of carbonyl (C=O) groups excluding carboxylic acids is 2. The molecule has 0 spiro atoms. The summed E-state index contributed by atoms with van der Waals surface area (Å²) in [5, 5.41) is 3.10. The van der Waals surface area contributed by atoms with Crippen molar-refractivity contribution >= 4 is 11.8 Å². The Labute approximate surface area is 204 Å². The van der Waals surface area contributed by atoms with Crippen molar-refractivity contribution in [1.82, 2.24) is 10.2 Å². The summed E-state index contributed by atoms with van der Waals surface area (Å²) in [6.07, 6.45) is 2.30. The molecule has 2 aromatic rings. The van der Waals surface area contributed by atoms with Crippen LogP contribution in [0.3, 0.4) is 0 Å². The van der Waals surface area contributed by atoms with E-state index in [2.05, 4.69) is 5.32 Å². The van der Waals surface area contributed by atoms with Gasteiger partial charge >= 0.3 is 0 Å². The first kappa shape index (κ1) is 23.1. The minimum Gasteiger partial charge on any atom is -0.493 e. The fraction of sp³-hybridized carbons (Fsp3) is 0.462. The van der Waals surface area contributed by atoms with Crippen molar-refractivity contribution in [3.05, 3.63) is 41.5 Å². The standard InChI is InChI=1S/C26H30N2O7/c1-31-22-9-17(10-23(32-2)24(22)33-3)18-12-28(13-19(18)25(29)27-11-15-4-5-15)26(30)16-6-7-20-21(8-16)35-14-34-20/h6-10,15,18-19H,4-5,11-14H2,1-3H3,(H,27,29). The molecule has 1 saturated carbocycles. The second-order valence-electron chi connectivity index (χ2n) is 9.14. The van der Waals surface area contributed by atoms with Crippen LogP contribution in [-0.2, 0) is 4.79 Å². The van der Waals surface area contributed by atoms with E-state index in [1.807, 2.05) is 12.1 Å². The zero-order valence-electron chi connectivity index (χ0n) is 20.2. The molecule has 3 aliphatic rings. The van der Waals surface area contributed by atoms with Crippen LogP contribution < -0.4 is 29.0 Å². The number of hydrogen-bond donors (Lipinski definition) is 1. The Morgan fingerprint density at radius 3 is 2.34 bits per heavy atom. The van der Waals surface area contributed by atoms with Crippen LogP contribution in [0.15, 0.2) is 30.3 Å². The van der Waals surface area contributed by atoms with Gasteiger partial charge in [0.05, 0.1) is 27.2 Å². The van der Waals surface area contributed by atoms with Crippen molar-refractivity contribution < 1.29 is 33.3 Å². The minimum atomic E-state index is -0.408. The van der Waals surface area contributed by atoms with E-state index in [9.17, 15) is 9.59 Å². The molecular weight excluding hydrogens is 452 g/mol. The molecular formula is C26H30N2O7. The van der Waals surface area contributed by atoms with Gasteiger partial charge < -0.3 is 33.9 Å². The number of likely N-dealkylation sites (tertiary alicyclic amines) is 1. The maximum Gasteiger partial charge on any atom is 0.254 e. The average molecular weight is 483 g/mol. The van der Waals surface area contributed by atoms with E-state index in [0.29, 0.717) is 59.9 Å². The molecule has 5 rings (SSSR count). The van der Waals surface area contributed by atoms with E-state index in [1.54, 1.807) is 44.4 Å². The third-order valence-corrected chi connectivity index (χ3v) is 6.94. The van der Waals surface area contributed by atoms with E-state index in [4.69, 9.17) is 23.7 Å². The molecule has 2 heterocycles. The van der Waals surface area contributed by atoms with Gasteiger partial charge in [0.15, 0.2) is 23.0 Å². The normalized spacial score (nSPS) is 20.5. The van der Waals surface area contributed by atoms with Crippen LogP contribution in [0.4, 0.5) is 0 Å². The van der Waals surface area contributed by atoms with Gasteiger partial charge in [-0.3, -0.25) is 9.59 Å². The fourth-order valence-corrected chi connectivity index (χ4v) is 4.80. The van der Waals surface area contributed by atoms with Crippen molar-refractivity contribution in [2.45, 2.75) is 18.8 Å². The molecule has 1 N–H and O–H groups in total. The summed E-state index contributed by atoms with van der Waals surface area (Å²) >= 11 is 0. The highest BCUT2D eigenvalue weighted by Gasteiger charge is 2.42. The molecule has 0 radical (unpaired) electrons. The zero-order chi connectivity index (χ0) is 24.5. The molecule has 2 aliphatic heterocycles. The highest BCUT2D eigenvalue weighted by Crippen LogP contribution is 2.44. The van der Waals surface area contributed by atoms with E-state index in [-0.39, 0.29) is 24.5 Å². The zero-order valence-corrected chi connectivity index (χ0v) is 20.2. The quantitative estimate of drug-likeness (QED) is 0.618. The van der Waals surface area contributed by atoms with Gasteiger partial charge in [-0.15, -0.1) is 0 Å². The molecule has 2 atom stereocenters. The number of hydrogen-bond acceptors (Lipinski definition) is 7. The number of nitrogens with one attached hydrogen (secondary N) is 1. The highest BCUT2D eigenvalue weighted by atomic mass is 16.7. The smallest absolute Gasteiger partial charge is 0.254 e. The Morgan fingerprint density at radius 1 is 0.971 bits per heavy atom. The molecule has 186 valence electrons. The number of rotatable bonds is 8. The Balaban J connectivity index is 1.44. The predicted octanol–water partition coefficient (Wildman–Crippen LogP) is 2.82. The Morgan fingerprint density at radius 2 is 1.69 bits per heavy atom. The molecule has 9 nitrogen and oxygen atoms in total. The van der Waals surface area contributed by atoms with Crippen molar-refractivity contribution in [2.75, 3.05) is 47.8 Å². The summed E-state index contributed by atoms with van der Waals surface area (Å²) < 4.78 is 27.3. The lowest BCUT2D eigenvalue weighted by atomic mass is 9.88. The number of nitrogens with zero attached hydrogens (tertiary/aromatic N) is 1. The van der Waals surface area contributed by atoms with Crippen molar-refractivity contribution in [3.63, 3.8) is 0 Å². The monoisotopic (exact) mass is 482 g/mol. The fourth-order valence-electron chi connectivity index (χ4n) is 4.80.